The van der Waals surface area contributed by atoms with Crippen LogP contribution in [0.2, 0.25) is 0 Å². The Labute approximate surface area is 63.4 Å². The summed E-state index contributed by atoms with van der Waals surface area (Å²) in [5.41, 5.74) is 0. The van der Waals surface area contributed by atoms with Gasteiger partial charge in [0, 0.05) is 4.87 Å². The van der Waals surface area contributed by atoms with E-state index < -0.39 is 0 Å². The lowest BCUT2D eigenvalue weighted by Crippen LogP contribution is -2.16. The molecule has 0 aromatic heterocycles. The van der Waals surface area contributed by atoms with Crippen molar-refractivity contribution in [2.75, 3.05) is 0 Å². The molecule has 0 saturated heterocycles. The molecule has 3 N–H and O–H groups in total. The Kier molecular flexibility index (Phi) is 6.74. The van der Waals surface area contributed by atoms with Crippen LogP contribution >= 0.6 is 11.6 Å². The number of alkyl halides is 1. The summed E-state index contributed by atoms with van der Waals surface area (Å²) in [6.07, 6.45) is 3.25. The van der Waals surface area contributed by atoms with Crippen molar-refractivity contribution in [3.05, 3.63) is 0 Å². The van der Waals surface area contributed by atoms with E-state index in [0.717, 1.165) is 19.3 Å². The van der Waals surface area contributed by atoms with Gasteiger partial charge in [-0.15, -0.1) is 11.6 Å². The first kappa shape index (κ1) is 12.0. The third-order valence-corrected chi connectivity index (χ3v) is 2.70. The maximum atomic E-state index is 6.09. The van der Waals surface area contributed by atoms with E-state index in [1.807, 2.05) is 0 Å². The zero-order valence-electron chi connectivity index (χ0n) is 6.71. The molecule has 0 radical (unpaired) electrons. The minimum Gasteiger partial charge on any atom is -0.344 e. The summed E-state index contributed by atoms with van der Waals surface area (Å²) in [5, 5.41) is 0. The van der Waals surface area contributed by atoms with Crippen LogP contribution in [0, 0.1) is 0 Å². The third kappa shape index (κ3) is 3.77. The first-order valence-electron chi connectivity index (χ1n) is 3.37. The monoisotopic (exact) mass is 151 g/mol. The standard InChI is InChI=1S/C7H15Cl.H3N/c1-4-7(8,5-2)6-3;/h4-6H2,1-3H3;1H3. The van der Waals surface area contributed by atoms with Gasteiger partial charge in [-0.2, -0.15) is 0 Å². The Hall–Kier alpha value is 0.250. The molecular weight excluding hydrogens is 134 g/mol. The zero-order chi connectivity index (χ0) is 6.62. The maximum absolute atomic E-state index is 6.09. The molecule has 58 valence electrons. The lowest BCUT2D eigenvalue weighted by atomic mass is 10.00. The molecule has 0 fully saturated rings. The largest absolute Gasteiger partial charge is 0.344 e. The molecule has 9 heavy (non-hydrogen) atoms. The van der Waals surface area contributed by atoms with E-state index >= 15 is 0 Å². The van der Waals surface area contributed by atoms with Gasteiger partial charge in [0.25, 0.3) is 0 Å². The predicted octanol–water partition coefficient (Wildman–Crippen LogP) is 3.36. The van der Waals surface area contributed by atoms with E-state index in [2.05, 4.69) is 20.8 Å². The highest BCUT2D eigenvalue weighted by Gasteiger charge is 2.18. The molecule has 0 aliphatic carbocycles. The van der Waals surface area contributed by atoms with E-state index in [1.54, 1.807) is 0 Å². The molecule has 2 heteroatoms. The molecular formula is C7H18ClN. The van der Waals surface area contributed by atoms with Crippen LogP contribution in [0.15, 0.2) is 0 Å². The van der Waals surface area contributed by atoms with Crippen LogP contribution in [0.4, 0.5) is 0 Å². The molecule has 0 aliphatic rings. The fraction of sp³-hybridized carbons (Fsp3) is 1.00. The lowest BCUT2D eigenvalue weighted by Gasteiger charge is -2.20. The van der Waals surface area contributed by atoms with Crippen LogP contribution in [0.3, 0.4) is 0 Å². The summed E-state index contributed by atoms with van der Waals surface area (Å²) >= 11 is 6.09. The normalized spacial score (nSPS) is 10.7. The second-order valence-electron chi connectivity index (χ2n) is 2.21. The van der Waals surface area contributed by atoms with Crippen molar-refractivity contribution in [3.8, 4) is 0 Å². The van der Waals surface area contributed by atoms with E-state index in [-0.39, 0.29) is 11.0 Å². The van der Waals surface area contributed by atoms with Gasteiger partial charge in [-0.05, 0) is 19.3 Å². The van der Waals surface area contributed by atoms with Crippen LogP contribution in [-0.2, 0) is 0 Å². The Morgan fingerprint density at radius 3 is 1.22 bits per heavy atom. The lowest BCUT2D eigenvalue weighted by molar-refractivity contribution is 0.519. The predicted molar refractivity (Wildman–Crippen MR) is 44.5 cm³/mol. The van der Waals surface area contributed by atoms with Gasteiger partial charge in [0.15, 0.2) is 0 Å². The summed E-state index contributed by atoms with van der Waals surface area (Å²) in [5.74, 6) is 0. The SMILES string of the molecule is CCC(Cl)(CC)CC.N. The molecule has 0 amide bonds. The maximum Gasteiger partial charge on any atom is 0.0439 e. The first-order valence-corrected chi connectivity index (χ1v) is 3.75. The number of hydrogen-bond acceptors (Lipinski definition) is 1. The van der Waals surface area contributed by atoms with Gasteiger partial charge in [-0.3, -0.25) is 0 Å². The average Bonchev–Trinajstić information content (AvgIpc) is 1.87. The second kappa shape index (κ2) is 5.07. The number of hydrogen-bond donors (Lipinski definition) is 1. The van der Waals surface area contributed by atoms with Gasteiger partial charge in [0.2, 0.25) is 0 Å². The molecule has 1 nitrogen and oxygen atoms in total. The summed E-state index contributed by atoms with van der Waals surface area (Å²) in [6, 6.07) is 0. The van der Waals surface area contributed by atoms with Crippen molar-refractivity contribution in [1.82, 2.24) is 6.15 Å². The van der Waals surface area contributed by atoms with Gasteiger partial charge >= 0.3 is 0 Å². The van der Waals surface area contributed by atoms with Gasteiger partial charge in [0.05, 0.1) is 0 Å². The molecule has 0 atom stereocenters. The second-order valence-corrected chi connectivity index (χ2v) is 3.01. The zero-order valence-corrected chi connectivity index (χ0v) is 7.46. The van der Waals surface area contributed by atoms with Gasteiger partial charge in [-0.1, -0.05) is 20.8 Å². The van der Waals surface area contributed by atoms with Gasteiger partial charge in [-0.25, -0.2) is 0 Å². The van der Waals surface area contributed by atoms with E-state index in [4.69, 9.17) is 11.6 Å². The summed E-state index contributed by atoms with van der Waals surface area (Å²) in [4.78, 5) is 0.0972. The van der Waals surface area contributed by atoms with Crippen LogP contribution in [0.5, 0.6) is 0 Å². The minimum atomic E-state index is 0. The van der Waals surface area contributed by atoms with E-state index in [9.17, 15) is 0 Å². The molecule has 0 rings (SSSR count). The summed E-state index contributed by atoms with van der Waals surface area (Å²) in [6.45, 7) is 6.42. The Morgan fingerprint density at radius 1 is 1.00 bits per heavy atom. The first-order chi connectivity index (χ1) is 3.68. The summed E-state index contributed by atoms with van der Waals surface area (Å²) in [7, 11) is 0. The topological polar surface area (TPSA) is 35.0 Å². The average molecular weight is 152 g/mol. The van der Waals surface area contributed by atoms with E-state index in [1.165, 1.54) is 0 Å². The fourth-order valence-electron chi connectivity index (χ4n) is 0.750. The molecule has 0 aliphatic heterocycles. The minimum absolute atomic E-state index is 0. The van der Waals surface area contributed by atoms with Crippen molar-refractivity contribution in [1.29, 1.82) is 0 Å². The van der Waals surface area contributed by atoms with Crippen molar-refractivity contribution in [2.45, 2.75) is 44.9 Å². The molecule has 0 heterocycles. The van der Waals surface area contributed by atoms with Crippen molar-refractivity contribution >= 4 is 11.6 Å². The smallest absolute Gasteiger partial charge is 0.0439 e. The van der Waals surface area contributed by atoms with Crippen LogP contribution < -0.4 is 6.15 Å². The van der Waals surface area contributed by atoms with Crippen molar-refractivity contribution < 1.29 is 0 Å². The van der Waals surface area contributed by atoms with Gasteiger partial charge in [0.1, 0.15) is 0 Å². The molecule has 0 bridgehead atoms. The van der Waals surface area contributed by atoms with Crippen molar-refractivity contribution in [3.63, 3.8) is 0 Å². The molecule has 0 unspecified atom stereocenters. The third-order valence-electron chi connectivity index (χ3n) is 1.90. The van der Waals surface area contributed by atoms with E-state index in [0.29, 0.717) is 0 Å². The molecule has 0 aromatic rings. The highest BCUT2D eigenvalue weighted by atomic mass is 35.5. The van der Waals surface area contributed by atoms with Crippen LogP contribution in [0.25, 0.3) is 0 Å². The van der Waals surface area contributed by atoms with Crippen LogP contribution in [0.1, 0.15) is 40.0 Å². The van der Waals surface area contributed by atoms with Gasteiger partial charge < -0.3 is 6.15 Å². The quantitative estimate of drug-likeness (QED) is 0.617. The summed E-state index contributed by atoms with van der Waals surface area (Å²) < 4.78 is 0. The van der Waals surface area contributed by atoms with Crippen LogP contribution in [-0.4, -0.2) is 4.87 Å². The highest BCUT2D eigenvalue weighted by molar-refractivity contribution is 6.23. The molecule has 0 aromatic carbocycles. The van der Waals surface area contributed by atoms with Crippen molar-refractivity contribution in [2.24, 2.45) is 0 Å². The number of halogens is 1. The Balaban J connectivity index is 0. The Bertz CT molecular complexity index is 51.7. The number of rotatable bonds is 3. The Morgan fingerprint density at radius 2 is 1.22 bits per heavy atom. The highest BCUT2D eigenvalue weighted by Crippen LogP contribution is 2.26. The molecule has 0 saturated carbocycles. The fourth-order valence-corrected chi connectivity index (χ4v) is 0.750. The molecule has 0 spiro atoms.